The van der Waals surface area contributed by atoms with Crippen molar-refractivity contribution in [2.45, 2.75) is 12.8 Å². The summed E-state index contributed by atoms with van der Waals surface area (Å²) in [5.74, 6) is -1.32. The zero-order chi connectivity index (χ0) is 17.3. The molecule has 5 heteroatoms. The van der Waals surface area contributed by atoms with Gasteiger partial charge >= 0.3 is 0 Å². The van der Waals surface area contributed by atoms with Gasteiger partial charge < -0.3 is 4.98 Å². The number of H-pyrrole nitrogens is 1. The number of aromatic amines is 1. The Morgan fingerprint density at radius 2 is 1.75 bits per heavy atom. The predicted octanol–water partition coefficient (Wildman–Crippen LogP) is 5.58. The van der Waals surface area contributed by atoms with Crippen molar-refractivity contribution in [3.63, 3.8) is 0 Å². The Morgan fingerprint density at radius 1 is 1.04 bits per heavy atom. The first-order chi connectivity index (χ1) is 11.6. The van der Waals surface area contributed by atoms with E-state index in [1.807, 2.05) is 31.2 Å². The van der Waals surface area contributed by atoms with E-state index in [1.165, 1.54) is 0 Å². The van der Waals surface area contributed by atoms with E-state index in [0.29, 0.717) is 10.0 Å². The molecule has 24 heavy (non-hydrogen) atoms. The molecule has 2 aromatic carbocycles. The number of nitrogens with zero attached hydrogens (tertiary/aromatic N) is 2. The Kier molecular flexibility index (Phi) is 4.49. The van der Waals surface area contributed by atoms with Crippen LogP contribution in [0.2, 0.25) is 10.0 Å². The fourth-order valence-corrected chi connectivity index (χ4v) is 3.66. The molecule has 0 aliphatic heterocycles. The van der Waals surface area contributed by atoms with Crippen molar-refractivity contribution >= 4 is 34.1 Å². The lowest BCUT2D eigenvalue weighted by Gasteiger charge is -2.20. The van der Waals surface area contributed by atoms with Gasteiger partial charge in [-0.05, 0) is 36.2 Å². The van der Waals surface area contributed by atoms with Gasteiger partial charge in [-0.2, -0.15) is 10.5 Å². The monoisotopic (exact) mass is 353 g/mol. The Morgan fingerprint density at radius 3 is 2.42 bits per heavy atom. The summed E-state index contributed by atoms with van der Waals surface area (Å²) < 4.78 is 0. The molecule has 1 N–H and O–H groups in total. The molecule has 118 valence electrons. The van der Waals surface area contributed by atoms with Crippen molar-refractivity contribution < 1.29 is 0 Å². The summed E-state index contributed by atoms with van der Waals surface area (Å²) in [5, 5.41) is 21.0. The first kappa shape index (κ1) is 16.4. The average Bonchev–Trinajstić information content (AvgIpc) is 2.89. The standard InChI is InChI=1S/C19H13Cl2N3/c1-11-18(15-4-2-3-5-17(15)24-11)19(12(9-22)10-23)14-7-6-13(20)8-16(14)21/h2-8,12,19,24H,1H3/t19-/m0/s1. The molecule has 0 unspecified atom stereocenters. The first-order valence-corrected chi connectivity index (χ1v) is 8.13. The van der Waals surface area contributed by atoms with Gasteiger partial charge in [0, 0.05) is 32.6 Å². The molecule has 0 bridgehead atoms. The molecule has 0 fully saturated rings. The summed E-state index contributed by atoms with van der Waals surface area (Å²) in [7, 11) is 0. The molecule has 0 aliphatic carbocycles. The maximum absolute atomic E-state index is 9.51. The van der Waals surface area contributed by atoms with E-state index in [2.05, 4.69) is 17.1 Å². The summed E-state index contributed by atoms with van der Waals surface area (Å²) in [5.41, 5.74) is 3.53. The third kappa shape index (κ3) is 2.74. The summed E-state index contributed by atoms with van der Waals surface area (Å²) in [6.07, 6.45) is 0. The number of hydrogen-bond acceptors (Lipinski definition) is 2. The van der Waals surface area contributed by atoms with Crippen LogP contribution in [0, 0.1) is 35.5 Å². The summed E-state index contributed by atoms with van der Waals surface area (Å²) in [4.78, 5) is 3.32. The second kappa shape index (κ2) is 6.57. The molecule has 0 aliphatic rings. The zero-order valence-corrected chi connectivity index (χ0v) is 14.4. The van der Waals surface area contributed by atoms with Crippen LogP contribution in [0.15, 0.2) is 42.5 Å². The van der Waals surface area contributed by atoms with Gasteiger partial charge in [-0.15, -0.1) is 0 Å². The number of nitriles is 2. The number of hydrogen-bond donors (Lipinski definition) is 1. The molecule has 1 heterocycles. The van der Waals surface area contributed by atoms with E-state index < -0.39 is 11.8 Å². The molecule has 1 aromatic heterocycles. The van der Waals surface area contributed by atoms with Crippen LogP contribution in [0.4, 0.5) is 0 Å². The minimum Gasteiger partial charge on any atom is -0.358 e. The van der Waals surface area contributed by atoms with E-state index in [4.69, 9.17) is 23.2 Å². The number of rotatable bonds is 3. The fraction of sp³-hybridized carbons (Fsp3) is 0.158. The highest BCUT2D eigenvalue weighted by molar-refractivity contribution is 6.35. The highest BCUT2D eigenvalue weighted by Gasteiger charge is 2.30. The van der Waals surface area contributed by atoms with Crippen LogP contribution in [0.3, 0.4) is 0 Å². The van der Waals surface area contributed by atoms with Crippen LogP contribution >= 0.6 is 23.2 Å². The van der Waals surface area contributed by atoms with Crippen LogP contribution in [0.5, 0.6) is 0 Å². The summed E-state index contributed by atoms with van der Waals surface area (Å²) >= 11 is 12.4. The van der Waals surface area contributed by atoms with Gasteiger partial charge in [-0.3, -0.25) is 0 Å². The van der Waals surface area contributed by atoms with Crippen molar-refractivity contribution in [1.29, 1.82) is 10.5 Å². The highest BCUT2D eigenvalue weighted by Crippen LogP contribution is 2.41. The molecule has 3 aromatic rings. The average molecular weight is 354 g/mol. The predicted molar refractivity (Wildman–Crippen MR) is 96.1 cm³/mol. The molecule has 0 spiro atoms. The number of aryl methyl sites for hydroxylation is 1. The number of aromatic nitrogens is 1. The molecule has 0 saturated carbocycles. The van der Waals surface area contributed by atoms with Gasteiger partial charge in [-0.1, -0.05) is 47.5 Å². The molecule has 3 nitrogen and oxygen atoms in total. The van der Waals surface area contributed by atoms with Crippen molar-refractivity contribution in [3.05, 3.63) is 69.3 Å². The van der Waals surface area contributed by atoms with Crippen LogP contribution in [0.25, 0.3) is 10.9 Å². The van der Waals surface area contributed by atoms with Gasteiger partial charge in [0.25, 0.3) is 0 Å². The number of halogens is 2. The minimum atomic E-state index is -0.860. The number of nitrogens with one attached hydrogen (secondary N) is 1. The van der Waals surface area contributed by atoms with E-state index in [-0.39, 0.29) is 0 Å². The largest absolute Gasteiger partial charge is 0.358 e. The van der Waals surface area contributed by atoms with Crippen LogP contribution in [-0.2, 0) is 0 Å². The molecular formula is C19H13Cl2N3. The normalized spacial score (nSPS) is 12.1. The quantitative estimate of drug-likeness (QED) is 0.667. The minimum absolute atomic E-state index is 0.452. The van der Waals surface area contributed by atoms with E-state index in [9.17, 15) is 10.5 Å². The Balaban J connectivity index is 2.31. The first-order valence-electron chi connectivity index (χ1n) is 7.38. The van der Waals surface area contributed by atoms with Gasteiger partial charge in [0.05, 0.1) is 12.1 Å². The summed E-state index contributed by atoms with van der Waals surface area (Å²) in [6, 6.07) is 17.2. The maximum Gasteiger partial charge on any atom is 0.144 e. The third-order valence-electron chi connectivity index (χ3n) is 4.16. The van der Waals surface area contributed by atoms with E-state index in [1.54, 1.807) is 18.2 Å². The van der Waals surface area contributed by atoms with Crippen molar-refractivity contribution in [2.24, 2.45) is 5.92 Å². The van der Waals surface area contributed by atoms with Crippen molar-refractivity contribution in [2.75, 3.05) is 0 Å². The number of benzene rings is 2. The molecule has 0 amide bonds. The lowest BCUT2D eigenvalue weighted by Crippen LogP contribution is -2.13. The SMILES string of the molecule is Cc1[nH]c2ccccc2c1[C@H](c1ccc(Cl)cc1Cl)C(C#N)C#N. The van der Waals surface area contributed by atoms with E-state index >= 15 is 0 Å². The second-order valence-electron chi connectivity index (χ2n) is 5.59. The second-order valence-corrected chi connectivity index (χ2v) is 6.43. The highest BCUT2D eigenvalue weighted by atomic mass is 35.5. The van der Waals surface area contributed by atoms with Crippen LogP contribution in [-0.4, -0.2) is 4.98 Å². The van der Waals surface area contributed by atoms with Crippen LogP contribution in [0.1, 0.15) is 22.7 Å². The summed E-state index contributed by atoms with van der Waals surface area (Å²) in [6.45, 7) is 1.94. The van der Waals surface area contributed by atoms with Crippen molar-refractivity contribution in [3.8, 4) is 12.1 Å². The lowest BCUT2D eigenvalue weighted by atomic mass is 9.80. The molecule has 3 rings (SSSR count). The molecule has 1 atom stereocenters. The number of para-hydroxylation sites is 1. The smallest absolute Gasteiger partial charge is 0.144 e. The van der Waals surface area contributed by atoms with E-state index in [0.717, 1.165) is 27.7 Å². The van der Waals surface area contributed by atoms with Gasteiger partial charge in [0.1, 0.15) is 5.92 Å². The van der Waals surface area contributed by atoms with Gasteiger partial charge in [-0.25, -0.2) is 0 Å². The lowest BCUT2D eigenvalue weighted by molar-refractivity contribution is 0.709. The van der Waals surface area contributed by atoms with Crippen molar-refractivity contribution in [1.82, 2.24) is 4.98 Å². The molecular weight excluding hydrogens is 341 g/mol. The fourth-order valence-electron chi connectivity index (χ4n) is 3.13. The number of fused-ring (bicyclic) bond motifs is 1. The molecule has 0 saturated heterocycles. The van der Waals surface area contributed by atoms with Crippen LogP contribution < -0.4 is 0 Å². The third-order valence-corrected chi connectivity index (χ3v) is 4.73. The Labute approximate surface area is 150 Å². The topological polar surface area (TPSA) is 63.4 Å². The zero-order valence-electron chi connectivity index (χ0n) is 12.8. The van der Waals surface area contributed by atoms with Gasteiger partial charge in [0.15, 0.2) is 0 Å². The molecule has 0 radical (unpaired) electrons. The Bertz CT molecular complexity index is 978. The van der Waals surface area contributed by atoms with Gasteiger partial charge in [0.2, 0.25) is 0 Å². The Hall–Kier alpha value is -2.46. The maximum atomic E-state index is 9.51.